The van der Waals surface area contributed by atoms with E-state index in [4.69, 9.17) is 0 Å². The fourth-order valence-corrected chi connectivity index (χ4v) is 4.72. The highest BCUT2D eigenvalue weighted by atomic mass is 32.1. The van der Waals surface area contributed by atoms with Crippen LogP contribution in [0.1, 0.15) is 0 Å². The molecule has 0 unspecified atom stereocenters. The van der Waals surface area contributed by atoms with Crippen molar-refractivity contribution in [3.05, 3.63) is 33.7 Å². The fourth-order valence-electron chi connectivity index (χ4n) is 1.02. The predicted octanol–water partition coefficient (Wildman–Crippen LogP) is 1.46. The Kier molecular flexibility index (Phi) is 2.63. The van der Waals surface area contributed by atoms with E-state index in [0.29, 0.717) is 0 Å². The molecule has 0 atom stereocenters. The van der Waals surface area contributed by atoms with Crippen LogP contribution < -0.4 is 7.39 Å². The van der Waals surface area contributed by atoms with E-state index in [1.807, 2.05) is 0 Å². The highest BCUT2D eigenvalue weighted by Crippen LogP contribution is 1.94. The lowest BCUT2D eigenvalue weighted by Crippen LogP contribution is -2.23. The first-order chi connectivity index (χ1) is 5.45. The standard InChI is InChI=1S/2C4H3S.Mg/c2*1-2-4-5-3-1;/h2*1,3-4H;. The van der Waals surface area contributed by atoms with Gasteiger partial charge < -0.3 is 0 Å². The predicted molar refractivity (Wildman–Crippen MR) is 53.7 cm³/mol. The molecule has 0 aliphatic heterocycles. The van der Waals surface area contributed by atoms with Gasteiger partial charge in [0.15, 0.2) is 0 Å². The Morgan fingerprint density at radius 3 is 1.82 bits per heavy atom. The van der Waals surface area contributed by atoms with Crippen LogP contribution in [-0.2, 0) is 0 Å². The number of thiophene rings is 2. The van der Waals surface area contributed by atoms with Gasteiger partial charge in [-0.3, -0.25) is 0 Å². The van der Waals surface area contributed by atoms with Gasteiger partial charge in [0.05, 0.1) is 0 Å². The first kappa shape index (κ1) is 7.80. The van der Waals surface area contributed by atoms with E-state index in [0.717, 1.165) is 0 Å². The minimum Gasteiger partial charge on any atom is -0.155 e. The van der Waals surface area contributed by atoms with Gasteiger partial charge in [-0.25, -0.2) is 0 Å². The summed E-state index contributed by atoms with van der Waals surface area (Å²) in [5, 5.41) is 8.86. The lowest BCUT2D eigenvalue weighted by molar-refractivity contribution is 2.08. The molecule has 0 aromatic carbocycles. The molecule has 0 nitrogen and oxygen atoms in total. The van der Waals surface area contributed by atoms with Gasteiger partial charge in [0.2, 0.25) is 0 Å². The Balaban J connectivity index is 2.14. The maximum absolute atomic E-state index is 2.27. The Morgan fingerprint density at radius 1 is 0.909 bits per heavy atom. The molecule has 0 amide bonds. The fraction of sp³-hybridized carbons (Fsp3) is 0. The molecule has 0 saturated heterocycles. The van der Waals surface area contributed by atoms with E-state index in [1.54, 1.807) is 30.1 Å². The van der Waals surface area contributed by atoms with Crippen molar-refractivity contribution in [1.29, 1.82) is 0 Å². The minimum absolute atomic E-state index is 0.129. The number of hydrogen-bond donors (Lipinski definition) is 0. The lowest BCUT2D eigenvalue weighted by Gasteiger charge is -1.87. The summed E-state index contributed by atoms with van der Waals surface area (Å²) < 4.78 is 3.13. The molecular formula is C8H6MgS2. The minimum atomic E-state index is -0.129. The largest absolute Gasteiger partial charge is 0.453 e. The molecule has 0 radical (unpaired) electrons. The summed E-state index contributed by atoms with van der Waals surface area (Å²) in [4.78, 5) is 0. The quantitative estimate of drug-likeness (QED) is 0.629. The summed E-state index contributed by atoms with van der Waals surface area (Å²) >= 11 is 3.47. The highest BCUT2D eigenvalue weighted by Gasteiger charge is 2.01. The van der Waals surface area contributed by atoms with Crippen LogP contribution in [0.2, 0.25) is 0 Å². The SMILES string of the molecule is c1c[c]([Mg][c]2ccsc2)cs1. The van der Waals surface area contributed by atoms with Gasteiger partial charge in [-0.1, -0.05) is 12.1 Å². The van der Waals surface area contributed by atoms with Crippen LogP contribution in [0.5, 0.6) is 0 Å². The van der Waals surface area contributed by atoms with Gasteiger partial charge in [0.25, 0.3) is 0 Å². The third kappa shape index (κ3) is 2.05. The molecule has 0 aliphatic rings. The van der Waals surface area contributed by atoms with Gasteiger partial charge in [-0.15, -0.1) is 0 Å². The van der Waals surface area contributed by atoms with Gasteiger partial charge in [-0.2, -0.15) is 30.1 Å². The van der Waals surface area contributed by atoms with Gasteiger partial charge in [0, 0.05) is 0 Å². The van der Waals surface area contributed by atoms with Crippen molar-refractivity contribution in [2.24, 2.45) is 0 Å². The average Bonchev–Trinajstić information content (AvgIpc) is 2.60. The summed E-state index contributed by atoms with van der Waals surface area (Å²) in [6.07, 6.45) is 0. The van der Waals surface area contributed by atoms with Crippen LogP contribution >= 0.6 is 22.7 Å². The average molecular weight is 191 g/mol. The van der Waals surface area contributed by atoms with Crippen LogP contribution in [0.4, 0.5) is 0 Å². The van der Waals surface area contributed by atoms with Crippen molar-refractivity contribution < 1.29 is 0 Å². The normalized spacial score (nSPS) is 9.45. The van der Waals surface area contributed by atoms with Crippen molar-refractivity contribution in [3.8, 4) is 0 Å². The molecule has 0 bridgehead atoms. The Morgan fingerprint density at radius 2 is 1.45 bits per heavy atom. The Hall–Kier alpha value is 0.166. The molecular weight excluding hydrogens is 185 g/mol. The van der Waals surface area contributed by atoms with E-state index in [9.17, 15) is 0 Å². The van der Waals surface area contributed by atoms with Gasteiger partial charge >= 0.3 is 20.4 Å². The molecule has 3 heteroatoms. The smallest absolute Gasteiger partial charge is 0.155 e. The van der Waals surface area contributed by atoms with E-state index in [-0.39, 0.29) is 20.4 Å². The monoisotopic (exact) mass is 190 g/mol. The van der Waals surface area contributed by atoms with Crippen molar-refractivity contribution in [2.45, 2.75) is 0 Å². The van der Waals surface area contributed by atoms with Gasteiger partial charge in [-0.05, 0) is 21.5 Å². The maximum atomic E-state index is 2.27. The second-order valence-electron chi connectivity index (χ2n) is 2.44. The molecule has 52 valence electrons. The van der Waals surface area contributed by atoms with E-state index in [1.165, 1.54) is 0 Å². The summed E-state index contributed by atoms with van der Waals surface area (Å²) in [5.74, 6) is 0. The zero-order chi connectivity index (χ0) is 7.52. The molecule has 2 heterocycles. The third-order valence-corrected chi connectivity index (χ3v) is 5.32. The molecule has 2 aromatic heterocycles. The molecule has 2 aromatic rings. The first-order valence-electron chi connectivity index (χ1n) is 3.47. The summed E-state index contributed by atoms with van der Waals surface area (Å²) in [5.41, 5.74) is 0. The zero-order valence-electron chi connectivity index (χ0n) is 5.99. The van der Waals surface area contributed by atoms with Crippen molar-refractivity contribution in [2.75, 3.05) is 0 Å². The topological polar surface area (TPSA) is 0 Å². The molecule has 0 spiro atoms. The van der Waals surface area contributed by atoms with Crippen LogP contribution in [-0.4, -0.2) is 20.4 Å². The van der Waals surface area contributed by atoms with Gasteiger partial charge in [0.1, 0.15) is 0 Å². The Labute approximate surface area is 83.6 Å². The second-order valence-corrected chi connectivity index (χ2v) is 5.99. The summed E-state index contributed by atoms with van der Waals surface area (Å²) in [6, 6.07) is 4.49. The molecule has 11 heavy (non-hydrogen) atoms. The zero-order valence-corrected chi connectivity index (χ0v) is 9.03. The Bertz CT molecular complexity index is 264. The van der Waals surface area contributed by atoms with E-state index in [2.05, 4.69) is 33.7 Å². The molecule has 2 rings (SSSR count). The van der Waals surface area contributed by atoms with Crippen LogP contribution in [0, 0.1) is 0 Å². The van der Waals surface area contributed by atoms with E-state index >= 15 is 0 Å². The van der Waals surface area contributed by atoms with Crippen molar-refractivity contribution >= 4 is 50.4 Å². The lowest BCUT2D eigenvalue weighted by atomic mass is 10.6. The highest BCUT2D eigenvalue weighted by molar-refractivity contribution is 7.10. The molecule has 0 aliphatic carbocycles. The first-order valence-corrected chi connectivity index (χ1v) is 6.77. The summed E-state index contributed by atoms with van der Waals surface area (Å²) in [7, 11) is 0. The van der Waals surface area contributed by atoms with Crippen molar-refractivity contribution in [1.82, 2.24) is 0 Å². The molecule has 0 N–H and O–H groups in total. The summed E-state index contributed by atoms with van der Waals surface area (Å²) in [6.45, 7) is 0. The molecule has 0 fully saturated rings. The number of rotatable bonds is 2. The maximum Gasteiger partial charge on any atom is 0.453 e. The van der Waals surface area contributed by atoms with Crippen molar-refractivity contribution in [3.63, 3.8) is 0 Å². The number of hydrogen-bond acceptors (Lipinski definition) is 2. The third-order valence-electron chi connectivity index (χ3n) is 1.57. The van der Waals surface area contributed by atoms with Crippen LogP contribution in [0.3, 0.4) is 0 Å². The second kappa shape index (κ2) is 3.71. The van der Waals surface area contributed by atoms with Crippen LogP contribution in [0.25, 0.3) is 0 Å². The van der Waals surface area contributed by atoms with Crippen LogP contribution in [0.15, 0.2) is 33.7 Å². The molecule has 0 saturated carbocycles. The van der Waals surface area contributed by atoms with E-state index < -0.39 is 0 Å².